The van der Waals surface area contributed by atoms with Crippen LogP contribution in [0.15, 0.2) is 267 Å². The van der Waals surface area contributed by atoms with Gasteiger partial charge in [0.2, 0.25) is 5.91 Å². The van der Waals surface area contributed by atoms with Crippen LogP contribution in [0.3, 0.4) is 0 Å². The maximum Gasteiger partial charge on any atom is 0.338 e. The summed E-state index contributed by atoms with van der Waals surface area (Å²) in [6.45, 7) is 16.3. The molecule has 0 fully saturated rings. The fourth-order valence-electron chi connectivity index (χ4n) is 16.5. The number of ether oxygens (including phenoxy) is 1. The van der Waals surface area contributed by atoms with Crippen LogP contribution < -0.4 is 11.1 Å². The average Bonchev–Trinajstić information content (AvgIpc) is 1.55. The Morgan fingerprint density at radius 1 is 0.275 bits per heavy atom. The Kier molecular flexibility index (Phi) is 28.0. The van der Waals surface area contributed by atoms with Gasteiger partial charge in [0.15, 0.2) is 28.9 Å². The number of carbonyl (C=O) groups excluding carboxylic acids is 8. The number of benzene rings is 12. The highest BCUT2D eigenvalue weighted by atomic mass is 16.5. The Morgan fingerprint density at radius 3 is 0.783 bits per heavy atom. The van der Waals surface area contributed by atoms with Crippen LogP contribution in [0.4, 0.5) is 0 Å². The third kappa shape index (κ3) is 18.0. The number of rotatable bonds is 30. The van der Waals surface area contributed by atoms with Gasteiger partial charge in [-0.1, -0.05) is 262 Å². The molecule has 3 N–H and O–H groups in total. The molecule has 0 aliphatic carbocycles. The normalized spacial score (nSPS) is 11.2. The van der Waals surface area contributed by atoms with Crippen LogP contribution in [0.2, 0.25) is 0 Å². The molecule has 608 valence electrons. The number of carbonyl (C=O) groups is 8. The number of para-hydroxylation sites is 4. The predicted octanol–water partition coefficient (Wildman–Crippen LogP) is 24.1. The summed E-state index contributed by atoms with van der Waals surface area (Å²) in [6.07, 6.45) is 22.1. The summed E-state index contributed by atoms with van der Waals surface area (Å²) >= 11 is 0. The molecule has 15 nitrogen and oxygen atoms in total. The molecular formula is C105H104N6O9. The number of Topliss-reactive ketones (excluding diaryl/α,β-unsaturated/α-hetero) is 1. The lowest BCUT2D eigenvalue weighted by atomic mass is 9.92. The zero-order valence-corrected chi connectivity index (χ0v) is 69.7. The second kappa shape index (κ2) is 39.7. The number of nitrogens with one attached hydrogen (secondary N) is 1. The van der Waals surface area contributed by atoms with Crippen molar-refractivity contribution in [3.8, 4) is 0 Å². The van der Waals surface area contributed by atoms with Crippen molar-refractivity contribution >= 4 is 133 Å². The standard InChI is InChI=1S/C27H27NO3.C27H27NO2.C26H26N2O2.C25H24N2O2/c1-3-5-10-17-28-18-24(21-13-8-9-14-25(21)28)26(29)22-15-16-23(27(30)31-4-2)20-12-7-6-11-19(20)22;1-3-5-10-17-28-18-24(21-13-8-9-14-25(21)28)27(30)23-16-15-22(26(29)4-2)19-11-6-7-12-20(19)23;1-3-4-9-16-28-17-23(20-12-7-8-13-24(20)28)25(29)21-14-15-22(26(30)27-2)19-11-6-5-10-18(19)21;1-2-3-8-15-27-16-22(19-11-6-7-12-23(19)27)24(28)20-13-14-21(25(26)29)18-10-5-4-9-17(18)20/h6-9,11-16,18H,3-5,10,17H2,1-2H3;6-9,11-16,18H,3-5,10,17H2,1-2H3;5-8,10-15,17H,3-4,9,16H2,1-2H3,(H,27,30);4-7,9-14,16H,2-3,8,15H2,1H3,(H2,26,29). The number of esters is 1. The maximum absolute atomic E-state index is 13.7. The molecule has 2 amide bonds. The molecule has 16 rings (SSSR count). The van der Waals surface area contributed by atoms with Gasteiger partial charge in [0.25, 0.3) is 5.91 Å². The Bertz CT molecular complexity index is 6310. The number of amides is 2. The van der Waals surface area contributed by atoms with Crippen molar-refractivity contribution in [2.75, 3.05) is 13.7 Å². The zero-order chi connectivity index (χ0) is 84.3. The van der Waals surface area contributed by atoms with E-state index >= 15 is 0 Å². The first-order valence-corrected chi connectivity index (χ1v) is 42.4. The van der Waals surface area contributed by atoms with Crippen molar-refractivity contribution in [1.29, 1.82) is 0 Å². The zero-order valence-electron chi connectivity index (χ0n) is 69.7. The van der Waals surface area contributed by atoms with Gasteiger partial charge in [-0.25, -0.2) is 4.79 Å². The van der Waals surface area contributed by atoms with E-state index in [0.717, 1.165) is 171 Å². The van der Waals surface area contributed by atoms with Crippen molar-refractivity contribution in [3.63, 3.8) is 0 Å². The molecular weight excluding hydrogens is 1490 g/mol. The van der Waals surface area contributed by atoms with E-state index < -0.39 is 5.91 Å². The average molecular weight is 1590 g/mol. The molecule has 0 spiro atoms. The summed E-state index contributed by atoms with van der Waals surface area (Å²) < 4.78 is 14.0. The summed E-state index contributed by atoms with van der Waals surface area (Å²) in [5.41, 5.74) is 17.3. The minimum Gasteiger partial charge on any atom is -0.462 e. The van der Waals surface area contributed by atoms with Gasteiger partial charge in [0, 0.05) is 169 Å². The van der Waals surface area contributed by atoms with E-state index in [1.54, 1.807) is 50.4 Å². The van der Waals surface area contributed by atoms with Crippen LogP contribution in [0.5, 0.6) is 0 Å². The number of aryl methyl sites for hydroxylation is 4. The van der Waals surface area contributed by atoms with Gasteiger partial charge < -0.3 is 34.1 Å². The summed E-state index contributed by atoms with van der Waals surface area (Å²) in [5.74, 6) is -1.000. The van der Waals surface area contributed by atoms with Gasteiger partial charge in [-0.3, -0.25) is 33.6 Å². The van der Waals surface area contributed by atoms with E-state index in [-0.39, 0.29) is 40.8 Å². The van der Waals surface area contributed by atoms with Crippen molar-refractivity contribution in [3.05, 3.63) is 334 Å². The van der Waals surface area contributed by atoms with Gasteiger partial charge in [-0.2, -0.15) is 0 Å². The molecule has 0 saturated heterocycles. The van der Waals surface area contributed by atoms with E-state index in [0.29, 0.717) is 79.6 Å². The van der Waals surface area contributed by atoms with Gasteiger partial charge in [-0.15, -0.1) is 0 Å². The first kappa shape index (κ1) is 84.5. The number of primary amides is 1. The highest BCUT2D eigenvalue weighted by Crippen LogP contribution is 2.36. The lowest BCUT2D eigenvalue weighted by Gasteiger charge is -2.10. The van der Waals surface area contributed by atoms with Crippen LogP contribution in [0.25, 0.3) is 86.7 Å². The molecule has 0 radical (unpaired) electrons. The SMILES string of the molecule is CCCCCn1cc(C(=O)c2ccc(C(=O)CC)c3ccccc23)c2ccccc21.CCCCCn1cc(C(=O)c2ccc(C(=O)NC)c3ccccc23)c2ccccc21.CCCCCn1cc(C(=O)c2ccc(C(=O)OCC)c3ccccc23)c2ccccc21.CCCCCn1cc(C(=O)c2ccc(C(N)=O)c3ccccc23)c2ccccc21. The lowest BCUT2D eigenvalue weighted by molar-refractivity contribution is 0.0527. The number of unbranched alkanes of at least 4 members (excludes halogenated alkanes) is 8. The van der Waals surface area contributed by atoms with E-state index in [4.69, 9.17) is 10.5 Å². The van der Waals surface area contributed by atoms with E-state index in [1.807, 2.05) is 214 Å². The molecule has 15 heteroatoms. The molecule has 0 atom stereocenters. The Balaban J connectivity index is 0.000000138. The first-order valence-electron chi connectivity index (χ1n) is 42.4. The molecule has 4 heterocycles. The Hall–Kier alpha value is -13.4. The van der Waals surface area contributed by atoms with Crippen LogP contribution >= 0.6 is 0 Å². The molecule has 12 aromatic carbocycles. The molecule has 4 aromatic heterocycles. The number of hydrogen-bond donors (Lipinski definition) is 2. The number of nitrogens with two attached hydrogens (primary N) is 1. The van der Waals surface area contributed by atoms with E-state index in [2.05, 4.69) is 75.5 Å². The van der Waals surface area contributed by atoms with Gasteiger partial charge in [0.05, 0.1) is 12.2 Å². The van der Waals surface area contributed by atoms with Crippen molar-refractivity contribution in [2.45, 2.75) is 151 Å². The fraction of sp³-hybridized carbons (Fsp3) is 0.238. The van der Waals surface area contributed by atoms with Crippen LogP contribution in [0.1, 0.15) is 230 Å². The fourth-order valence-corrected chi connectivity index (χ4v) is 16.5. The van der Waals surface area contributed by atoms with Gasteiger partial charge in [-0.05, 0) is 142 Å². The molecule has 0 aliphatic heterocycles. The summed E-state index contributed by atoms with van der Waals surface area (Å²) in [4.78, 5) is 103. The maximum atomic E-state index is 13.7. The molecule has 120 heavy (non-hydrogen) atoms. The van der Waals surface area contributed by atoms with Gasteiger partial charge in [0.1, 0.15) is 0 Å². The summed E-state index contributed by atoms with van der Waals surface area (Å²) in [7, 11) is 1.61. The number of fused-ring (bicyclic) bond motifs is 8. The van der Waals surface area contributed by atoms with Crippen molar-refractivity contribution in [1.82, 2.24) is 23.6 Å². The molecule has 16 aromatic rings. The monoisotopic (exact) mass is 1590 g/mol. The topological polar surface area (TPSA) is 204 Å². The largest absolute Gasteiger partial charge is 0.462 e. The van der Waals surface area contributed by atoms with Crippen LogP contribution in [-0.2, 0) is 30.9 Å². The minimum absolute atomic E-state index is 0.00661. The quantitative estimate of drug-likeness (QED) is 0.0249. The number of hydrogen-bond acceptors (Lipinski definition) is 9. The van der Waals surface area contributed by atoms with Crippen molar-refractivity contribution in [2.24, 2.45) is 5.73 Å². The Labute approximate surface area is 700 Å². The highest BCUT2D eigenvalue weighted by Gasteiger charge is 2.27. The van der Waals surface area contributed by atoms with Crippen LogP contribution in [0, 0.1) is 0 Å². The molecule has 0 unspecified atom stereocenters. The highest BCUT2D eigenvalue weighted by molar-refractivity contribution is 6.27. The lowest BCUT2D eigenvalue weighted by Crippen LogP contribution is -2.18. The third-order valence-electron chi connectivity index (χ3n) is 22.7. The molecule has 0 saturated carbocycles. The van der Waals surface area contributed by atoms with Crippen molar-refractivity contribution < 1.29 is 43.1 Å². The summed E-state index contributed by atoms with van der Waals surface area (Å²) in [6, 6.07) is 76.5. The smallest absolute Gasteiger partial charge is 0.338 e. The van der Waals surface area contributed by atoms with E-state index in [9.17, 15) is 38.4 Å². The molecule has 0 bridgehead atoms. The number of ketones is 5. The van der Waals surface area contributed by atoms with Gasteiger partial charge >= 0.3 is 5.97 Å². The third-order valence-corrected chi connectivity index (χ3v) is 22.7. The summed E-state index contributed by atoms with van der Waals surface area (Å²) in [5, 5.41) is 12.8. The predicted molar refractivity (Wildman–Crippen MR) is 488 cm³/mol. The first-order chi connectivity index (χ1) is 58.6. The second-order valence-corrected chi connectivity index (χ2v) is 30.4. The van der Waals surface area contributed by atoms with Crippen LogP contribution in [-0.4, -0.2) is 78.6 Å². The number of aromatic nitrogens is 4. The minimum atomic E-state index is -0.493. The second-order valence-electron chi connectivity index (χ2n) is 30.4. The van der Waals surface area contributed by atoms with E-state index in [1.165, 1.54) is 19.3 Å². The number of nitrogens with zero attached hydrogens (tertiary/aromatic N) is 4. The molecule has 0 aliphatic rings. The Morgan fingerprint density at radius 2 is 0.508 bits per heavy atom.